The third-order valence-electron chi connectivity index (χ3n) is 2.98. The summed E-state index contributed by atoms with van der Waals surface area (Å²) < 4.78 is 2.18. The summed E-state index contributed by atoms with van der Waals surface area (Å²) in [6.45, 7) is 0. The van der Waals surface area contributed by atoms with Gasteiger partial charge < -0.3 is 5.32 Å². The van der Waals surface area contributed by atoms with Gasteiger partial charge in [-0.05, 0) is 55.6 Å². The molecule has 0 aliphatic carbocycles. The van der Waals surface area contributed by atoms with Crippen LogP contribution >= 0.6 is 43.6 Å². The Kier molecular flexibility index (Phi) is 3.68. The lowest BCUT2D eigenvalue weighted by Crippen LogP contribution is -2.10. The molecule has 1 atom stereocenters. The van der Waals surface area contributed by atoms with Crippen molar-refractivity contribution in [1.29, 1.82) is 0 Å². The Hall–Kier alpha value is -0.450. The molecule has 4 heteroatoms. The van der Waals surface area contributed by atoms with Crippen LogP contribution in [-0.4, -0.2) is 5.75 Å². The van der Waals surface area contributed by atoms with Crippen molar-refractivity contribution in [1.82, 2.24) is 0 Å². The van der Waals surface area contributed by atoms with Crippen molar-refractivity contribution in [2.45, 2.75) is 10.9 Å². The lowest BCUT2D eigenvalue weighted by Gasteiger charge is -2.17. The highest BCUT2D eigenvalue weighted by Gasteiger charge is 2.23. The summed E-state index contributed by atoms with van der Waals surface area (Å²) in [4.78, 5) is 1.39. The Labute approximate surface area is 128 Å². The molecule has 2 aromatic rings. The molecule has 1 N–H and O–H groups in total. The second-order valence-electron chi connectivity index (χ2n) is 4.14. The third kappa shape index (κ3) is 2.33. The molecule has 0 aromatic heterocycles. The zero-order chi connectivity index (χ0) is 12.5. The standard InChI is InChI=1S/C14H11Br2NS/c15-10-5-3-6-11(16)14(10)17-12-8-18-13-7-2-1-4-9(12)13/h1-7,12,17H,8H2. The Bertz CT molecular complexity index is 566. The third-order valence-corrected chi connectivity index (χ3v) is 5.49. The van der Waals surface area contributed by atoms with Crippen molar-refractivity contribution in [3.63, 3.8) is 0 Å². The summed E-state index contributed by atoms with van der Waals surface area (Å²) in [5.41, 5.74) is 2.52. The van der Waals surface area contributed by atoms with E-state index in [1.165, 1.54) is 10.5 Å². The molecule has 0 saturated carbocycles. The predicted octanol–water partition coefficient (Wildman–Crippen LogP) is 5.47. The summed E-state index contributed by atoms with van der Waals surface area (Å²) in [5, 5.41) is 3.62. The SMILES string of the molecule is Brc1cccc(Br)c1NC1CSc2ccccc21. The number of hydrogen-bond acceptors (Lipinski definition) is 2. The molecule has 0 amide bonds. The number of para-hydroxylation sites is 1. The van der Waals surface area contributed by atoms with Crippen molar-refractivity contribution >= 4 is 49.3 Å². The molecule has 1 aliphatic heterocycles. The molecular formula is C14H11Br2NS. The summed E-state index contributed by atoms with van der Waals surface area (Å²) in [7, 11) is 0. The summed E-state index contributed by atoms with van der Waals surface area (Å²) >= 11 is 9.10. The fraction of sp³-hybridized carbons (Fsp3) is 0.143. The molecule has 1 nitrogen and oxygen atoms in total. The molecule has 3 rings (SSSR count). The molecule has 0 spiro atoms. The highest BCUT2D eigenvalue weighted by molar-refractivity contribution is 9.11. The number of halogens is 2. The average molecular weight is 385 g/mol. The van der Waals surface area contributed by atoms with Gasteiger partial charge in [-0.3, -0.25) is 0 Å². The predicted molar refractivity (Wildman–Crippen MR) is 85.4 cm³/mol. The van der Waals surface area contributed by atoms with Crippen LogP contribution in [0.15, 0.2) is 56.3 Å². The van der Waals surface area contributed by atoms with E-state index in [9.17, 15) is 0 Å². The number of anilines is 1. The Balaban J connectivity index is 1.91. The van der Waals surface area contributed by atoms with Crippen LogP contribution in [0.1, 0.15) is 11.6 Å². The molecule has 92 valence electrons. The molecule has 1 aliphatic rings. The van der Waals surface area contributed by atoms with Crippen LogP contribution in [0.3, 0.4) is 0 Å². The van der Waals surface area contributed by atoms with E-state index in [1.807, 2.05) is 17.8 Å². The maximum atomic E-state index is 3.62. The van der Waals surface area contributed by atoms with Gasteiger partial charge in [-0.2, -0.15) is 0 Å². The van der Waals surface area contributed by atoms with Gasteiger partial charge in [0.05, 0.1) is 11.7 Å². The summed E-state index contributed by atoms with van der Waals surface area (Å²) in [6, 6.07) is 15.1. The van der Waals surface area contributed by atoms with Gasteiger partial charge >= 0.3 is 0 Å². The lowest BCUT2D eigenvalue weighted by molar-refractivity contribution is 0.897. The first-order chi connectivity index (χ1) is 8.75. The minimum atomic E-state index is 0.376. The first-order valence-corrected chi connectivity index (χ1v) is 8.25. The maximum Gasteiger partial charge on any atom is 0.0634 e. The minimum absolute atomic E-state index is 0.376. The topological polar surface area (TPSA) is 12.0 Å². The van der Waals surface area contributed by atoms with Crippen LogP contribution in [0.25, 0.3) is 0 Å². The second-order valence-corrected chi connectivity index (χ2v) is 6.91. The first-order valence-electron chi connectivity index (χ1n) is 5.68. The maximum absolute atomic E-state index is 3.62. The quantitative estimate of drug-likeness (QED) is 0.736. The van der Waals surface area contributed by atoms with Crippen LogP contribution in [0, 0.1) is 0 Å². The van der Waals surface area contributed by atoms with Gasteiger partial charge in [-0.15, -0.1) is 11.8 Å². The molecule has 0 radical (unpaired) electrons. The highest BCUT2D eigenvalue weighted by Crippen LogP contribution is 2.42. The Morgan fingerprint density at radius 3 is 2.50 bits per heavy atom. The molecule has 1 unspecified atom stereocenters. The van der Waals surface area contributed by atoms with E-state index in [1.54, 1.807) is 0 Å². The van der Waals surface area contributed by atoms with Gasteiger partial charge in [-0.25, -0.2) is 0 Å². The number of nitrogens with one attached hydrogen (secondary N) is 1. The molecule has 1 heterocycles. The van der Waals surface area contributed by atoms with E-state index in [0.29, 0.717) is 6.04 Å². The second kappa shape index (κ2) is 5.27. The zero-order valence-electron chi connectivity index (χ0n) is 9.49. The number of fused-ring (bicyclic) bond motifs is 1. The first kappa shape index (κ1) is 12.6. The van der Waals surface area contributed by atoms with Crippen molar-refractivity contribution in [3.8, 4) is 0 Å². The van der Waals surface area contributed by atoms with Crippen molar-refractivity contribution in [2.24, 2.45) is 0 Å². The number of benzene rings is 2. The fourth-order valence-electron chi connectivity index (χ4n) is 2.09. The van der Waals surface area contributed by atoms with Crippen LogP contribution < -0.4 is 5.32 Å². The number of hydrogen-bond donors (Lipinski definition) is 1. The van der Waals surface area contributed by atoms with Gasteiger partial charge in [0.2, 0.25) is 0 Å². The summed E-state index contributed by atoms with van der Waals surface area (Å²) in [5.74, 6) is 1.08. The monoisotopic (exact) mass is 383 g/mol. The van der Waals surface area contributed by atoms with Crippen LogP contribution in [0.4, 0.5) is 5.69 Å². The minimum Gasteiger partial charge on any atom is -0.376 e. The van der Waals surface area contributed by atoms with Crippen molar-refractivity contribution in [2.75, 3.05) is 11.1 Å². The van der Waals surface area contributed by atoms with E-state index < -0.39 is 0 Å². The van der Waals surface area contributed by atoms with Gasteiger partial charge in [0.25, 0.3) is 0 Å². The zero-order valence-corrected chi connectivity index (χ0v) is 13.5. The lowest BCUT2D eigenvalue weighted by atomic mass is 10.1. The van der Waals surface area contributed by atoms with E-state index in [-0.39, 0.29) is 0 Å². The largest absolute Gasteiger partial charge is 0.376 e. The average Bonchev–Trinajstić information content (AvgIpc) is 2.77. The fourth-order valence-corrected chi connectivity index (χ4v) is 4.48. The Morgan fingerprint density at radius 1 is 1.00 bits per heavy atom. The van der Waals surface area contributed by atoms with Crippen molar-refractivity contribution < 1.29 is 0 Å². The van der Waals surface area contributed by atoms with Gasteiger partial charge in [0.15, 0.2) is 0 Å². The smallest absolute Gasteiger partial charge is 0.0634 e. The van der Waals surface area contributed by atoms with Gasteiger partial charge in [-0.1, -0.05) is 24.3 Å². The van der Waals surface area contributed by atoms with Crippen molar-refractivity contribution in [3.05, 3.63) is 57.0 Å². The van der Waals surface area contributed by atoms with E-state index >= 15 is 0 Å². The van der Waals surface area contributed by atoms with Crippen LogP contribution in [-0.2, 0) is 0 Å². The number of thioether (sulfide) groups is 1. The van der Waals surface area contributed by atoms with Crippen LogP contribution in [0.2, 0.25) is 0 Å². The van der Waals surface area contributed by atoms with Gasteiger partial charge in [0.1, 0.15) is 0 Å². The molecule has 0 bridgehead atoms. The van der Waals surface area contributed by atoms with E-state index in [0.717, 1.165) is 20.4 Å². The van der Waals surface area contributed by atoms with Gasteiger partial charge in [0, 0.05) is 19.6 Å². The highest BCUT2D eigenvalue weighted by atomic mass is 79.9. The molecular weight excluding hydrogens is 374 g/mol. The van der Waals surface area contributed by atoms with E-state index in [2.05, 4.69) is 73.6 Å². The molecule has 0 fully saturated rings. The van der Waals surface area contributed by atoms with E-state index in [4.69, 9.17) is 0 Å². The molecule has 2 aromatic carbocycles. The summed E-state index contributed by atoms with van der Waals surface area (Å²) in [6.07, 6.45) is 0. The molecule has 0 saturated heterocycles. The Morgan fingerprint density at radius 2 is 1.72 bits per heavy atom. The normalized spacial score (nSPS) is 17.6. The molecule has 18 heavy (non-hydrogen) atoms. The van der Waals surface area contributed by atoms with Crippen LogP contribution in [0.5, 0.6) is 0 Å². The number of rotatable bonds is 2.